The standard InChI is InChI=1S/C30H58S/c1-30(25-21-17-13-9-10-14-18-22-26-30)28-23-19-15-11-7-5-3-2-4-6-8-12-16-20-24-29(31)27-28/h28-29,31H,2-27H2,1H3. The Bertz CT molecular complexity index is 391. The molecule has 0 aromatic carbocycles. The Hall–Kier alpha value is 0.350. The van der Waals surface area contributed by atoms with E-state index >= 15 is 0 Å². The average molecular weight is 451 g/mol. The second-order valence-electron chi connectivity index (χ2n) is 11.7. The SMILES string of the molecule is CC1(C2CCCCCCCCCCCCCCCC(S)C2)CCCCCCCCCC1. The van der Waals surface area contributed by atoms with Crippen LogP contribution in [0.15, 0.2) is 0 Å². The smallest absolute Gasteiger partial charge is 0.00196 e. The van der Waals surface area contributed by atoms with Gasteiger partial charge in [-0.05, 0) is 43.4 Å². The summed E-state index contributed by atoms with van der Waals surface area (Å²) in [5, 5.41) is 0.638. The predicted octanol–water partition coefficient (Wildman–Crippen LogP) is 11.1. The molecule has 2 unspecified atom stereocenters. The van der Waals surface area contributed by atoms with Crippen LogP contribution in [0.25, 0.3) is 0 Å². The normalized spacial score (nSPS) is 30.4. The zero-order valence-corrected chi connectivity index (χ0v) is 22.4. The lowest BCUT2D eigenvalue weighted by atomic mass is 9.66. The first-order valence-corrected chi connectivity index (χ1v) is 15.4. The third kappa shape index (κ3) is 13.0. The van der Waals surface area contributed by atoms with E-state index in [1.165, 1.54) is 167 Å². The molecule has 0 amide bonds. The summed E-state index contributed by atoms with van der Waals surface area (Å²) in [7, 11) is 0. The molecular formula is C30H58S. The van der Waals surface area contributed by atoms with Gasteiger partial charge >= 0.3 is 0 Å². The summed E-state index contributed by atoms with van der Waals surface area (Å²) in [6.07, 6.45) is 38.2. The number of rotatable bonds is 1. The molecule has 2 aliphatic carbocycles. The quantitative estimate of drug-likeness (QED) is 0.377. The van der Waals surface area contributed by atoms with Crippen molar-refractivity contribution < 1.29 is 0 Å². The molecule has 0 aromatic heterocycles. The Balaban J connectivity index is 1.94. The first-order valence-electron chi connectivity index (χ1n) is 14.9. The van der Waals surface area contributed by atoms with E-state index in [0.29, 0.717) is 10.7 Å². The van der Waals surface area contributed by atoms with E-state index in [4.69, 9.17) is 12.6 Å². The highest BCUT2D eigenvalue weighted by Crippen LogP contribution is 2.45. The molecular weight excluding hydrogens is 392 g/mol. The predicted molar refractivity (Wildman–Crippen MR) is 144 cm³/mol. The molecule has 0 radical (unpaired) electrons. The third-order valence-electron chi connectivity index (χ3n) is 8.88. The number of thiol groups is 1. The van der Waals surface area contributed by atoms with Crippen molar-refractivity contribution in [2.45, 2.75) is 179 Å². The van der Waals surface area contributed by atoms with Gasteiger partial charge in [0.2, 0.25) is 0 Å². The zero-order chi connectivity index (χ0) is 22.0. The molecule has 2 saturated carbocycles. The van der Waals surface area contributed by atoms with Crippen molar-refractivity contribution in [2.75, 3.05) is 0 Å². The molecule has 0 aromatic rings. The van der Waals surface area contributed by atoms with Crippen LogP contribution >= 0.6 is 12.6 Å². The minimum Gasteiger partial charge on any atom is -0.176 e. The van der Waals surface area contributed by atoms with Crippen LogP contribution in [0.5, 0.6) is 0 Å². The van der Waals surface area contributed by atoms with Gasteiger partial charge in [-0.2, -0.15) is 12.6 Å². The van der Waals surface area contributed by atoms with Crippen LogP contribution in [0.4, 0.5) is 0 Å². The van der Waals surface area contributed by atoms with Crippen molar-refractivity contribution >= 4 is 12.6 Å². The van der Waals surface area contributed by atoms with Gasteiger partial charge in [-0.3, -0.25) is 0 Å². The van der Waals surface area contributed by atoms with Gasteiger partial charge in [0.1, 0.15) is 0 Å². The molecule has 2 atom stereocenters. The summed E-state index contributed by atoms with van der Waals surface area (Å²) in [4.78, 5) is 0. The maximum absolute atomic E-state index is 5.16. The lowest BCUT2D eigenvalue weighted by molar-refractivity contribution is 0.121. The van der Waals surface area contributed by atoms with Crippen LogP contribution < -0.4 is 0 Å². The van der Waals surface area contributed by atoms with Gasteiger partial charge in [-0.15, -0.1) is 0 Å². The van der Waals surface area contributed by atoms with Crippen LogP contribution in [0.2, 0.25) is 0 Å². The Morgan fingerprint density at radius 1 is 0.452 bits per heavy atom. The van der Waals surface area contributed by atoms with E-state index in [1.54, 1.807) is 0 Å². The second-order valence-corrected chi connectivity index (χ2v) is 12.5. The lowest BCUT2D eigenvalue weighted by Gasteiger charge is -2.40. The van der Waals surface area contributed by atoms with Gasteiger partial charge < -0.3 is 0 Å². The molecule has 184 valence electrons. The van der Waals surface area contributed by atoms with Crippen LogP contribution in [0.3, 0.4) is 0 Å². The first kappa shape index (κ1) is 27.6. The van der Waals surface area contributed by atoms with Crippen molar-refractivity contribution in [3.8, 4) is 0 Å². The van der Waals surface area contributed by atoms with E-state index in [-0.39, 0.29) is 0 Å². The minimum atomic E-state index is 0.576. The van der Waals surface area contributed by atoms with Crippen molar-refractivity contribution in [2.24, 2.45) is 11.3 Å². The molecule has 0 spiro atoms. The van der Waals surface area contributed by atoms with Crippen LogP contribution in [-0.4, -0.2) is 5.25 Å². The molecule has 0 aliphatic heterocycles. The average Bonchev–Trinajstić information content (AvgIpc) is 2.80. The van der Waals surface area contributed by atoms with E-state index in [2.05, 4.69) is 6.92 Å². The van der Waals surface area contributed by atoms with Gasteiger partial charge in [0.25, 0.3) is 0 Å². The van der Waals surface area contributed by atoms with Crippen molar-refractivity contribution in [3.63, 3.8) is 0 Å². The molecule has 0 saturated heterocycles. The molecule has 0 bridgehead atoms. The highest BCUT2D eigenvalue weighted by Gasteiger charge is 2.34. The highest BCUT2D eigenvalue weighted by atomic mass is 32.1. The monoisotopic (exact) mass is 450 g/mol. The number of hydrogen-bond donors (Lipinski definition) is 1. The molecule has 2 aliphatic rings. The maximum Gasteiger partial charge on any atom is 0.00196 e. The molecule has 1 heteroatoms. The minimum absolute atomic E-state index is 0.576. The Morgan fingerprint density at radius 2 is 0.774 bits per heavy atom. The van der Waals surface area contributed by atoms with Crippen molar-refractivity contribution in [1.82, 2.24) is 0 Å². The second kappa shape index (κ2) is 17.8. The molecule has 0 heterocycles. The van der Waals surface area contributed by atoms with Gasteiger partial charge in [0.05, 0.1) is 0 Å². The summed E-state index contributed by atoms with van der Waals surface area (Å²) >= 11 is 5.16. The lowest BCUT2D eigenvalue weighted by Crippen LogP contribution is -2.30. The molecule has 2 rings (SSSR count). The third-order valence-corrected chi connectivity index (χ3v) is 9.35. The molecule has 0 N–H and O–H groups in total. The summed E-state index contributed by atoms with van der Waals surface area (Å²) in [5.41, 5.74) is 0.576. The summed E-state index contributed by atoms with van der Waals surface area (Å²) < 4.78 is 0. The topological polar surface area (TPSA) is 0 Å². The van der Waals surface area contributed by atoms with Crippen LogP contribution in [0.1, 0.15) is 174 Å². The summed E-state index contributed by atoms with van der Waals surface area (Å²) in [6.45, 7) is 2.70. The fourth-order valence-corrected chi connectivity index (χ4v) is 7.00. The molecule has 0 nitrogen and oxygen atoms in total. The van der Waals surface area contributed by atoms with Gasteiger partial charge in [-0.25, -0.2) is 0 Å². The first-order chi connectivity index (χ1) is 15.2. The van der Waals surface area contributed by atoms with Crippen LogP contribution in [-0.2, 0) is 0 Å². The van der Waals surface area contributed by atoms with Crippen LogP contribution in [0, 0.1) is 11.3 Å². The summed E-state index contributed by atoms with van der Waals surface area (Å²) in [5.74, 6) is 0.912. The molecule has 31 heavy (non-hydrogen) atoms. The number of hydrogen-bond acceptors (Lipinski definition) is 1. The summed E-state index contributed by atoms with van der Waals surface area (Å²) in [6, 6.07) is 0. The zero-order valence-electron chi connectivity index (χ0n) is 21.5. The Morgan fingerprint density at radius 3 is 1.19 bits per heavy atom. The van der Waals surface area contributed by atoms with Crippen molar-refractivity contribution in [1.29, 1.82) is 0 Å². The van der Waals surface area contributed by atoms with Gasteiger partial charge in [-0.1, -0.05) is 142 Å². The highest BCUT2D eigenvalue weighted by molar-refractivity contribution is 7.80. The Labute approximate surface area is 202 Å². The van der Waals surface area contributed by atoms with Gasteiger partial charge in [0, 0.05) is 5.25 Å². The van der Waals surface area contributed by atoms with E-state index in [1.807, 2.05) is 0 Å². The van der Waals surface area contributed by atoms with Gasteiger partial charge in [0.15, 0.2) is 0 Å². The Kier molecular flexibility index (Phi) is 15.8. The maximum atomic E-state index is 5.16. The van der Waals surface area contributed by atoms with Crippen molar-refractivity contribution in [3.05, 3.63) is 0 Å². The fourth-order valence-electron chi connectivity index (χ4n) is 6.56. The fraction of sp³-hybridized carbons (Fsp3) is 1.00. The molecule has 2 fully saturated rings. The largest absolute Gasteiger partial charge is 0.176 e. The van der Waals surface area contributed by atoms with E-state index in [0.717, 1.165) is 5.92 Å². The van der Waals surface area contributed by atoms with E-state index < -0.39 is 0 Å². The van der Waals surface area contributed by atoms with E-state index in [9.17, 15) is 0 Å².